The Bertz CT molecular complexity index is 1230. The predicted molar refractivity (Wildman–Crippen MR) is 120 cm³/mol. The summed E-state index contributed by atoms with van der Waals surface area (Å²) in [6.45, 7) is 4.60. The van der Waals surface area contributed by atoms with Crippen molar-refractivity contribution in [1.29, 1.82) is 0 Å². The van der Waals surface area contributed by atoms with Crippen LogP contribution in [0.3, 0.4) is 0 Å². The molecule has 0 aliphatic rings. The third-order valence-corrected chi connectivity index (χ3v) is 4.81. The highest BCUT2D eigenvalue weighted by Gasteiger charge is 2.19. The third kappa shape index (κ3) is 4.30. The molecule has 0 fully saturated rings. The van der Waals surface area contributed by atoms with Gasteiger partial charge in [-0.2, -0.15) is 5.10 Å². The van der Waals surface area contributed by atoms with E-state index >= 15 is 0 Å². The number of nitrogens with zero attached hydrogens (tertiary/aromatic N) is 3. The monoisotopic (exact) mass is 413 g/mol. The standard InChI is InChI=1S/C24H23N5O2/c1-16(2)14-26-23(30)18-10-6-7-11-20(18)28-24(31)19-15-27-29-21(12-13-25-22(19)29)17-8-4-3-5-9-17/h3-13,15-16H,14H2,1-2H3,(H,26,30)(H,28,31). The Kier molecular flexibility index (Phi) is 5.75. The summed E-state index contributed by atoms with van der Waals surface area (Å²) in [4.78, 5) is 30.0. The Morgan fingerprint density at radius 3 is 2.45 bits per heavy atom. The van der Waals surface area contributed by atoms with E-state index < -0.39 is 0 Å². The number of anilines is 1. The molecule has 31 heavy (non-hydrogen) atoms. The van der Waals surface area contributed by atoms with Crippen LogP contribution >= 0.6 is 0 Å². The molecule has 2 amide bonds. The van der Waals surface area contributed by atoms with Crippen LogP contribution in [0.2, 0.25) is 0 Å². The van der Waals surface area contributed by atoms with E-state index in [1.807, 2.05) is 50.2 Å². The number of carbonyl (C=O) groups excluding carboxylic acids is 2. The molecule has 7 nitrogen and oxygen atoms in total. The van der Waals surface area contributed by atoms with E-state index in [4.69, 9.17) is 0 Å². The Labute approximate surface area is 180 Å². The van der Waals surface area contributed by atoms with Crippen LogP contribution in [0.15, 0.2) is 73.1 Å². The number of hydrogen-bond acceptors (Lipinski definition) is 4. The number of amides is 2. The molecule has 0 bridgehead atoms. The average Bonchev–Trinajstić information content (AvgIpc) is 3.23. The molecule has 0 spiro atoms. The van der Waals surface area contributed by atoms with Gasteiger partial charge < -0.3 is 10.6 Å². The van der Waals surface area contributed by atoms with Gasteiger partial charge in [-0.05, 0) is 24.1 Å². The van der Waals surface area contributed by atoms with E-state index in [1.54, 1.807) is 35.0 Å². The van der Waals surface area contributed by atoms with E-state index in [1.165, 1.54) is 6.20 Å². The first-order chi connectivity index (χ1) is 15.0. The smallest absolute Gasteiger partial charge is 0.261 e. The van der Waals surface area contributed by atoms with Crippen molar-refractivity contribution in [1.82, 2.24) is 19.9 Å². The minimum absolute atomic E-state index is 0.228. The summed E-state index contributed by atoms with van der Waals surface area (Å²) in [6.07, 6.45) is 3.15. The van der Waals surface area contributed by atoms with Crippen molar-refractivity contribution in [3.63, 3.8) is 0 Å². The second-order valence-corrected chi connectivity index (χ2v) is 7.59. The van der Waals surface area contributed by atoms with Crippen LogP contribution in [0.4, 0.5) is 5.69 Å². The van der Waals surface area contributed by atoms with Gasteiger partial charge in [-0.3, -0.25) is 9.59 Å². The molecule has 156 valence electrons. The van der Waals surface area contributed by atoms with Crippen LogP contribution in [0.1, 0.15) is 34.6 Å². The maximum atomic E-state index is 13.0. The lowest BCUT2D eigenvalue weighted by Gasteiger charge is -2.12. The fourth-order valence-corrected chi connectivity index (χ4v) is 3.25. The Morgan fingerprint density at radius 1 is 0.935 bits per heavy atom. The molecule has 0 unspecified atom stereocenters. The van der Waals surface area contributed by atoms with Crippen molar-refractivity contribution < 1.29 is 9.59 Å². The second kappa shape index (κ2) is 8.79. The summed E-state index contributed by atoms with van der Waals surface area (Å²) in [7, 11) is 0. The highest BCUT2D eigenvalue weighted by atomic mass is 16.2. The largest absolute Gasteiger partial charge is 0.352 e. The number of nitrogens with one attached hydrogen (secondary N) is 2. The molecule has 2 N–H and O–H groups in total. The Hall–Kier alpha value is -4.00. The van der Waals surface area contributed by atoms with Gasteiger partial charge in [0.2, 0.25) is 0 Å². The topological polar surface area (TPSA) is 88.4 Å². The van der Waals surface area contributed by atoms with Crippen LogP contribution in [0.5, 0.6) is 0 Å². The van der Waals surface area contributed by atoms with Crippen molar-refractivity contribution >= 4 is 23.1 Å². The molecule has 4 rings (SSSR count). The number of rotatable bonds is 6. The molecule has 0 aliphatic heterocycles. The minimum Gasteiger partial charge on any atom is -0.352 e. The molecule has 0 atom stereocenters. The maximum absolute atomic E-state index is 13.0. The number of aromatic nitrogens is 3. The van der Waals surface area contributed by atoms with Gasteiger partial charge in [-0.1, -0.05) is 56.3 Å². The lowest BCUT2D eigenvalue weighted by atomic mass is 10.1. The minimum atomic E-state index is -0.378. The summed E-state index contributed by atoms with van der Waals surface area (Å²) in [5.74, 6) is -0.278. The zero-order valence-corrected chi connectivity index (χ0v) is 17.4. The van der Waals surface area contributed by atoms with Gasteiger partial charge in [0.1, 0.15) is 5.56 Å². The van der Waals surface area contributed by atoms with Gasteiger partial charge in [0.15, 0.2) is 5.65 Å². The van der Waals surface area contributed by atoms with Crippen LogP contribution in [0.25, 0.3) is 16.9 Å². The first-order valence-corrected chi connectivity index (χ1v) is 10.1. The number of para-hydroxylation sites is 1. The summed E-state index contributed by atoms with van der Waals surface area (Å²) >= 11 is 0. The van der Waals surface area contributed by atoms with Gasteiger partial charge in [-0.25, -0.2) is 9.50 Å². The van der Waals surface area contributed by atoms with Crippen molar-refractivity contribution in [3.05, 3.63) is 84.2 Å². The van der Waals surface area contributed by atoms with E-state index in [0.29, 0.717) is 34.9 Å². The van der Waals surface area contributed by atoms with Gasteiger partial charge in [0, 0.05) is 18.3 Å². The zero-order chi connectivity index (χ0) is 21.8. The first-order valence-electron chi connectivity index (χ1n) is 10.1. The first kappa shape index (κ1) is 20.3. The van der Waals surface area contributed by atoms with E-state index in [-0.39, 0.29) is 11.8 Å². The molecule has 4 aromatic rings. The number of benzene rings is 2. The second-order valence-electron chi connectivity index (χ2n) is 7.59. The van der Waals surface area contributed by atoms with E-state index in [2.05, 4.69) is 20.7 Å². The number of fused-ring (bicyclic) bond motifs is 1. The average molecular weight is 413 g/mol. The van der Waals surface area contributed by atoms with Crippen molar-refractivity contribution in [2.24, 2.45) is 5.92 Å². The van der Waals surface area contributed by atoms with Crippen molar-refractivity contribution in [2.45, 2.75) is 13.8 Å². The molecular formula is C24H23N5O2. The summed E-state index contributed by atoms with van der Waals surface area (Å²) in [5.41, 5.74) is 3.42. The predicted octanol–water partition coefficient (Wildman–Crippen LogP) is 4.03. The van der Waals surface area contributed by atoms with Crippen LogP contribution < -0.4 is 10.6 Å². The van der Waals surface area contributed by atoms with Crippen molar-refractivity contribution in [2.75, 3.05) is 11.9 Å². The van der Waals surface area contributed by atoms with Gasteiger partial charge in [-0.15, -0.1) is 0 Å². The Morgan fingerprint density at radius 2 is 1.68 bits per heavy atom. The van der Waals surface area contributed by atoms with Gasteiger partial charge in [0.05, 0.1) is 23.1 Å². The number of hydrogen-bond donors (Lipinski definition) is 2. The summed E-state index contributed by atoms with van der Waals surface area (Å²) in [5, 5.41) is 10.1. The van der Waals surface area contributed by atoms with Crippen molar-refractivity contribution in [3.8, 4) is 11.3 Å². The quantitative estimate of drug-likeness (QED) is 0.499. The molecule has 0 saturated heterocycles. The lowest BCUT2D eigenvalue weighted by Crippen LogP contribution is -2.28. The van der Waals surface area contributed by atoms with Gasteiger partial charge >= 0.3 is 0 Å². The van der Waals surface area contributed by atoms with Crippen LogP contribution in [-0.4, -0.2) is 33.0 Å². The Balaban J connectivity index is 1.63. The molecule has 2 aromatic heterocycles. The highest BCUT2D eigenvalue weighted by molar-refractivity contribution is 6.11. The lowest BCUT2D eigenvalue weighted by molar-refractivity contribution is 0.0950. The highest BCUT2D eigenvalue weighted by Crippen LogP contribution is 2.22. The SMILES string of the molecule is CC(C)CNC(=O)c1ccccc1NC(=O)c1cnn2c(-c3ccccc3)ccnc12. The van der Waals surface area contributed by atoms with E-state index in [9.17, 15) is 9.59 Å². The molecule has 2 aromatic carbocycles. The number of carbonyl (C=O) groups is 2. The maximum Gasteiger partial charge on any atom is 0.261 e. The summed E-state index contributed by atoms with van der Waals surface area (Å²) < 4.78 is 1.64. The molecular weight excluding hydrogens is 390 g/mol. The fraction of sp³-hybridized carbons (Fsp3) is 0.167. The third-order valence-electron chi connectivity index (χ3n) is 4.81. The van der Waals surface area contributed by atoms with Gasteiger partial charge in [0.25, 0.3) is 11.8 Å². The van der Waals surface area contributed by atoms with E-state index in [0.717, 1.165) is 11.3 Å². The molecule has 2 heterocycles. The van der Waals surface area contributed by atoms with Crippen LogP contribution in [0, 0.1) is 5.92 Å². The molecule has 0 aliphatic carbocycles. The molecule has 0 saturated carbocycles. The van der Waals surface area contributed by atoms with Crippen LogP contribution in [-0.2, 0) is 0 Å². The molecule has 7 heteroatoms. The fourth-order valence-electron chi connectivity index (χ4n) is 3.25. The molecule has 0 radical (unpaired) electrons. The zero-order valence-electron chi connectivity index (χ0n) is 17.4. The normalized spacial score (nSPS) is 10.9. The summed E-state index contributed by atoms with van der Waals surface area (Å²) in [6, 6.07) is 18.6.